The van der Waals surface area contributed by atoms with Crippen LogP contribution in [0.3, 0.4) is 0 Å². The van der Waals surface area contributed by atoms with Gasteiger partial charge in [-0.2, -0.15) is 0 Å². The standard InChI is InChI=1S/C51H44N6O4.Pt/c1-51(2)45-25-13-23-43(49(58)60-33-37-15-7-5-8-16-37)47(45)57(48-44(24-14-26-46(48)51)50(59)61-34-38-17-9-6-10-18-38)56(41-21-11-19-39(31-41)54-29-27-52(3)35-54)42-22-12-20-40(32-42)55-30-28-53(4)36-55;/h5-32H,33-34H2,1-4H3;. The number of carbonyl (C=O) groups excluding carboxylic acids is 2. The molecule has 0 spiro atoms. The number of para-hydroxylation sites is 2. The Bertz CT molecular complexity index is 2700. The molecule has 4 heterocycles. The number of rotatable bonds is 7. The number of hydrazine groups is 1. The van der Waals surface area contributed by atoms with Gasteiger partial charge in [-0.1, -0.05) is 60.7 Å². The monoisotopic (exact) mass is 999 g/mol. The van der Waals surface area contributed by atoms with Gasteiger partial charge < -0.3 is 0 Å². The molecule has 6 aromatic carbocycles. The van der Waals surface area contributed by atoms with E-state index in [4.69, 9.17) is 9.47 Å². The number of fused-ring (bicyclic) bond motifs is 10. The van der Waals surface area contributed by atoms with Crippen LogP contribution in [0.2, 0.25) is 0 Å². The topological polar surface area (TPSA) is 72.0 Å². The molecule has 10 nitrogen and oxygen atoms in total. The molecule has 11 heteroatoms. The van der Waals surface area contributed by atoms with Gasteiger partial charge in [-0.25, -0.2) is 0 Å². The molecule has 0 N–H and O–H groups in total. The van der Waals surface area contributed by atoms with Crippen LogP contribution < -0.4 is 19.8 Å². The molecule has 4 aliphatic rings. The van der Waals surface area contributed by atoms with E-state index in [1.807, 2.05) is 84.9 Å². The van der Waals surface area contributed by atoms with Crippen LogP contribution >= 0.6 is 0 Å². The number of benzene rings is 6. The summed E-state index contributed by atoms with van der Waals surface area (Å²) in [6.45, 7) is 4.48. The van der Waals surface area contributed by atoms with E-state index in [1.54, 1.807) is 0 Å². The summed E-state index contributed by atoms with van der Waals surface area (Å²) in [4.78, 5) is 38.3. The quantitative estimate of drug-likeness (QED) is 0.145. The van der Waals surface area contributed by atoms with E-state index < -0.39 is 35.0 Å². The molecule has 0 amide bonds. The zero-order chi connectivity index (χ0) is 42.5. The predicted molar refractivity (Wildman–Crippen MR) is 242 cm³/mol. The van der Waals surface area contributed by atoms with E-state index in [2.05, 4.69) is 143 Å². The van der Waals surface area contributed by atoms with Crippen LogP contribution in [0, 0.1) is 0 Å². The van der Waals surface area contributed by atoms with Crippen molar-refractivity contribution in [3.8, 4) is 0 Å². The first-order chi connectivity index (χ1) is 30.2. The van der Waals surface area contributed by atoms with Gasteiger partial charge in [-0.3, -0.25) is 0 Å². The maximum atomic E-state index is 14.7. The van der Waals surface area contributed by atoms with E-state index in [0.717, 1.165) is 45.0 Å². The van der Waals surface area contributed by atoms with Crippen molar-refractivity contribution >= 4 is 54.4 Å². The molecule has 0 radical (unpaired) electrons. The number of anilines is 6. The maximum absolute atomic E-state index is 14.7. The number of hydrogen-bond acceptors (Lipinski definition) is 10. The van der Waals surface area contributed by atoms with Crippen LogP contribution in [-0.4, -0.2) is 44.1 Å². The SMILES string of the molecule is CN1C=CN2[C]1=[Pt]=[C]1N(C)C=CN1c1cccc(c1)N(N1c3c(C(=O)OCc4ccccc4)cccc3C(C)(C)c3cccc(C(=O)OCc4ccccc4)c31)c1cccc2c1. The van der Waals surface area contributed by atoms with Crippen molar-refractivity contribution in [3.05, 3.63) is 204 Å². The fraction of sp³-hybridized carbons (Fsp3) is 0.137. The van der Waals surface area contributed by atoms with Crippen molar-refractivity contribution in [1.82, 2.24) is 9.80 Å². The molecular formula is C51H44N6O4Pt. The van der Waals surface area contributed by atoms with Crippen LogP contribution in [0.25, 0.3) is 0 Å². The molecule has 6 aromatic rings. The number of carbonyl (C=O) groups is 2. The number of hydrogen-bond donors (Lipinski definition) is 0. The Labute approximate surface area is 369 Å². The van der Waals surface area contributed by atoms with Crippen LogP contribution in [-0.2, 0) is 45.7 Å². The first kappa shape index (κ1) is 39.1. The van der Waals surface area contributed by atoms with E-state index in [9.17, 15) is 9.59 Å². The summed E-state index contributed by atoms with van der Waals surface area (Å²) >= 11 is -0.685. The van der Waals surface area contributed by atoms with Gasteiger partial charge in [0.05, 0.1) is 0 Å². The molecule has 4 bridgehead atoms. The van der Waals surface area contributed by atoms with Crippen molar-refractivity contribution in [2.75, 3.05) is 33.9 Å². The summed E-state index contributed by atoms with van der Waals surface area (Å²) in [5.41, 5.74) is 8.43. The van der Waals surface area contributed by atoms with Gasteiger partial charge in [0.2, 0.25) is 0 Å². The molecule has 4 aliphatic heterocycles. The van der Waals surface area contributed by atoms with Gasteiger partial charge in [-0.15, -0.1) is 0 Å². The molecule has 0 atom stereocenters. The summed E-state index contributed by atoms with van der Waals surface area (Å²) in [5.74, 6) is -0.956. The third-order valence-electron chi connectivity index (χ3n) is 11.5. The Hall–Kier alpha value is -7.03. The van der Waals surface area contributed by atoms with Crippen LogP contribution in [0.4, 0.5) is 34.1 Å². The average molecular weight is 1000 g/mol. The van der Waals surface area contributed by atoms with Gasteiger partial charge >= 0.3 is 299 Å². The Morgan fingerprint density at radius 1 is 0.500 bits per heavy atom. The van der Waals surface area contributed by atoms with Crippen LogP contribution in [0.5, 0.6) is 0 Å². The van der Waals surface area contributed by atoms with Gasteiger partial charge in [0, 0.05) is 0 Å². The van der Waals surface area contributed by atoms with Gasteiger partial charge in [0.1, 0.15) is 0 Å². The fourth-order valence-electron chi connectivity index (χ4n) is 8.39. The van der Waals surface area contributed by atoms with Crippen LogP contribution in [0.15, 0.2) is 170 Å². The van der Waals surface area contributed by atoms with Crippen molar-refractivity contribution < 1.29 is 36.7 Å². The van der Waals surface area contributed by atoms with Crippen LogP contribution in [0.1, 0.15) is 56.8 Å². The van der Waals surface area contributed by atoms with Crippen molar-refractivity contribution in [2.24, 2.45) is 0 Å². The Morgan fingerprint density at radius 2 is 0.919 bits per heavy atom. The minimum atomic E-state index is -0.685. The summed E-state index contributed by atoms with van der Waals surface area (Å²) in [6.07, 6.45) is 8.44. The van der Waals surface area contributed by atoms with Crippen molar-refractivity contribution in [2.45, 2.75) is 32.5 Å². The van der Waals surface area contributed by atoms with E-state index >= 15 is 0 Å². The molecular weight excluding hydrogens is 956 g/mol. The third kappa shape index (κ3) is 6.81. The zero-order valence-electron chi connectivity index (χ0n) is 34.7. The number of ether oxygens (including phenoxy) is 2. The van der Waals surface area contributed by atoms with Crippen molar-refractivity contribution in [1.29, 1.82) is 0 Å². The Kier molecular flexibility index (Phi) is 9.96. The predicted octanol–water partition coefficient (Wildman–Crippen LogP) is 9.65. The van der Waals surface area contributed by atoms with E-state index in [0.29, 0.717) is 22.5 Å². The third-order valence-corrected chi connectivity index (χ3v) is 15.3. The summed E-state index contributed by atoms with van der Waals surface area (Å²) < 4.78 is 14.7. The molecule has 0 aliphatic carbocycles. The summed E-state index contributed by atoms with van der Waals surface area (Å²) in [7, 11) is 4.20. The molecule has 0 saturated heterocycles. The normalized spacial score (nSPS) is 15.8. The van der Waals surface area contributed by atoms with Gasteiger partial charge in [0.25, 0.3) is 0 Å². The minimum absolute atomic E-state index is 0.101. The second-order valence-electron chi connectivity index (χ2n) is 15.9. The molecule has 10 rings (SSSR count). The van der Waals surface area contributed by atoms with E-state index in [1.165, 1.54) is 8.29 Å². The van der Waals surface area contributed by atoms with Gasteiger partial charge in [-0.05, 0) is 11.1 Å². The fourth-order valence-corrected chi connectivity index (χ4v) is 11.5. The second kappa shape index (κ2) is 15.8. The number of nitrogens with zero attached hydrogens (tertiary/aromatic N) is 6. The second-order valence-corrected chi connectivity index (χ2v) is 18.5. The first-order valence-corrected chi connectivity index (χ1v) is 22.7. The molecule has 0 aromatic heterocycles. The summed E-state index contributed by atoms with van der Waals surface area (Å²) in [5, 5.41) is 4.18. The molecule has 0 fully saturated rings. The Balaban J connectivity index is 1.23. The Morgan fingerprint density at radius 3 is 1.37 bits per heavy atom. The molecule has 0 unspecified atom stereocenters. The number of esters is 2. The first-order valence-electron chi connectivity index (χ1n) is 20.4. The zero-order valence-corrected chi connectivity index (χ0v) is 37.0. The van der Waals surface area contributed by atoms with Crippen molar-refractivity contribution in [3.63, 3.8) is 0 Å². The van der Waals surface area contributed by atoms with Gasteiger partial charge in [0.15, 0.2) is 0 Å². The molecule has 312 valence electrons. The molecule has 62 heavy (non-hydrogen) atoms. The average Bonchev–Trinajstić information content (AvgIpc) is 3.86. The summed E-state index contributed by atoms with van der Waals surface area (Å²) in [6, 6.07) is 47.9. The van der Waals surface area contributed by atoms with E-state index in [-0.39, 0.29) is 13.2 Å². The molecule has 0 saturated carbocycles.